The van der Waals surface area contributed by atoms with Crippen LogP contribution in [0.3, 0.4) is 0 Å². The van der Waals surface area contributed by atoms with Crippen LogP contribution in [-0.2, 0) is 9.84 Å². The first-order valence-electron chi connectivity index (χ1n) is 2.91. The topological polar surface area (TPSA) is 59.9 Å². The average molecular weight is 205 g/mol. The number of aromatic nitrogens is 2. The van der Waals surface area contributed by atoms with E-state index in [1.165, 1.54) is 6.20 Å². The molecule has 0 bridgehead atoms. The van der Waals surface area contributed by atoms with Crippen LogP contribution in [0, 0.1) is 0 Å². The Bertz CT molecular complexity index is 402. The van der Waals surface area contributed by atoms with Crippen molar-refractivity contribution >= 4 is 21.4 Å². The molecule has 0 unspecified atom stereocenters. The zero-order chi connectivity index (χ0) is 9.19. The molecule has 6 heteroatoms. The summed E-state index contributed by atoms with van der Waals surface area (Å²) in [5.74, 6) is 0. The van der Waals surface area contributed by atoms with Gasteiger partial charge in [-0.25, -0.2) is 18.4 Å². The summed E-state index contributed by atoms with van der Waals surface area (Å²) in [6, 6.07) is 0. The van der Waals surface area contributed by atoms with Gasteiger partial charge in [-0.1, -0.05) is 18.2 Å². The largest absolute Gasteiger partial charge is 0.243 e. The van der Waals surface area contributed by atoms with Gasteiger partial charge in [0.1, 0.15) is 6.33 Å². The predicted octanol–water partition coefficient (Wildman–Crippen LogP) is 1.05. The Hall–Kier alpha value is -0.940. The second kappa shape index (κ2) is 3.20. The van der Waals surface area contributed by atoms with Gasteiger partial charge in [0.05, 0.1) is 11.2 Å². The van der Waals surface area contributed by atoms with E-state index in [2.05, 4.69) is 16.5 Å². The molecule has 1 aromatic rings. The van der Waals surface area contributed by atoms with Crippen LogP contribution >= 0.6 is 11.6 Å². The third kappa shape index (κ3) is 1.62. The molecule has 0 aliphatic heterocycles. The average Bonchev–Trinajstić information content (AvgIpc) is 2.05. The maximum absolute atomic E-state index is 11.1. The summed E-state index contributed by atoms with van der Waals surface area (Å²) < 4.78 is 22.3. The summed E-state index contributed by atoms with van der Waals surface area (Å²) in [5, 5.41) is 0.577. The molecule has 0 fully saturated rings. The summed E-state index contributed by atoms with van der Waals surface area (Å²) in [6.07, 6.45) is 2.33. The summed E-state index contributed by atoms with van der Waals surface area (Å²) in [5.41, 5.74) is 0. The number of hydrogen-bond acceptors (Lipinski definition) is 4. The Kier molecular flexibility index (Phi) is 2.44. The zero-order valence-corrected chi connectivity index (χ0v) is 7.51. The second-order valence-corrected chi connectivity index (χ2v) is 4.10. The molecule has 1 heterocycles. The van der Waals surface area contributed by atoms with Crippen molar-refractivity contribution in [1.29, 1.82) is 0 Å². The first-order chi connectivity index (χ1) is 5.58. The van der Waals surface area contributed by atoms with Crippen LogP contribution in [0.2, 0.25) is 5.02 Å². The van der Waals surface area contributed by atoms with E-state index in [9.17, 15) is 8.42 Å². The summed E-state index contributed by atoms with van der Waals surface area (Å²) >= 11 is 5.54. The van der Waals surface area contributed by atoms with Gasteiger partial charge in [0.25, 0.3) is 0 Å². The van der Waals surface area contributed by atoms with Gasteiger partial charge in [-0.15, -0.1) is 0 Å². The fourth-order valence-electron chi connectivity index (χ4n) is 0.590. The highest BCUT2D eigenvalue weighted by Crippen LogP contribution is 2.17. The van der Waals surface area contributed by atoms with Crippen molar-refractivity contribution in [2.75, 3.05) is 0 Å². The quantitative estimate of drug-likeness (QED) is 0.676. The lowest BCUT2D eigenvalue weighted by Gasteiger charge is -1.97. The van der Waals surface area contributed by atoms with Crippen molar-refractivity contribution < 1.29 is 8.42 Å². The highest BCUT2D eigenvalue weighted by atomic mass is 35.5. The first kappa shape index (κ1) is 9.15. The number of nitrogens with zero attached hydrogens (tertiary/aromatic N) is 2. The molecule has 64 valence electrons. The highest BCUT2D eigenvalue weighted by molar-refractivity contribution is 7.94. The molecule has 1 rings (SSSR count). The van der Waals surface area contributed by atoms with Crippen molar-refractivity contribution in [3.8, 4) is 0 Å². The van der Waals surface area contributed by atoms with E-state index >= 15 is 0 Å². The van der Waals surface area contributed by atoms with E-state index in [1.54, 1.807) is 0 Å². The minimum atomic E-state index is -3.55. The van der Waals surface area contributed by atoms with Crippen molar-refractivity contribution in [3.63, 3.8) is 0 Å². The fourth-order valence-corrected chi connectivity index (χ4v) is 1.69. The van der Waals surface area contributed by atoms with E-state index in [4.69, 9.17) is 11.6 Å². The normalized spacial score (nSPS) is 11.1. The minimum Gasteiger partial charge on any atom is -0.243 e. The Labute approximate surface area is 74.8 Å². The molecule has 0 N–H and O–H groups in total. The molecule has 0 saturated heterocycles. The molecule has 0 aliphatic rings. The molecule has 0 saturated carbocycles. The monoisotopic (exact) mass is 204 g/mol. The molecular formula is C6H5ClN2O2S. The smallest absolute Gasteiger partial charge is 0.218 e. The van der Waals surface area contributed by atoms with Crippen LogP contribution in [0.4, 0.5) is 0 Å². The van der Waals surface area contributed by atoms with Gasteiger partial charge >= 0.3 is 0 Å². The predicted molar refractivity (Wildman–Crippen MR) is 44.4 cm³/mol. The molecule has 0 radical (unpaired) electrons. The van der Waals surface area contributed by atoms with Crippen molar-refractivity contribution in [3.05, 3.63) is 29.5 Å². The van der Waals surface area contributed by atoms with Gasteiger partial charge in [-0.05, 0) is 0 Å². The van der Waals surface area contributed by atoms with E-state index < -0.39 is 9.84 Å². The van der Waals surface area contributed by atoms with Crippen LogP contribution < -0.4 is 0 Å². The fraction of sp³-hybridized carbons (Fsp3) is 0. The van der Waals surface area contributed by atoms with Crippen molar-refractivity contribution in [2.45, 2.75) is 5.03 Å². The van der Waals surface area contributed by atoms with Crippen LogP contribution in [0.15, 0.2) is 29.5 Å². The summed E-state index contributed by atoms with van der Waals surface area (Å²) in [7, 11) is -3.55. The van der Waals surface area contributed by atoms with Crippen molar-refractivity contribution in [2.24, 2.45) is 0 Å². The molecule has 1 aromatic heterocycles. The van der Waals surface area contributed by atoms with Gasteiger partial charge in [0, 0.05) is 5.41 Å². The molecule has 0 spiro atoms. The Morgan fingerprint density at radius 2 is 2.25 bits per heavy atom. The third-order valence-corrected chi connectivity index (χ3v) is 2.81. The van der Waals surface area contributed by atoms with Crippen LogP contribution in [0.25, 0.3) is 0 Å². The van der Waals surface area contributed by atoms with E-state index in [0.717, 1.165) is 11.7 Å². The Balaban J connectivity index is 3.39. The Morgan fingerprint density at radius 1 is 1.58 bits per heavy atom. The number of halogens is 1. The lowest BCUT2D eigenvalue weighted by atomic mass is 10.7. The van der Waals surface area contributed by atoms with Crippen molar-refractivity contribution in [1.82, 2.24) is 9.97 Å². The maximum Gasteiger partial charge on any atom is 0.218 e. The van der Waals surface area contributed by atoms with Gasteiger partial charge in [0.15, 0.2) is 5.03 Å². The number of hydrogen-bond donors (Lipinski definition) is 0. The molecule has 0 amide bonds. The highest BCUT2D eigenvalue weighted by Gasteiger charge is 2.14. The second-order valence-electron chi connectivity index (χ2n) is 1.89. The van der Waals surface area contributed by atoms with Gasteiger partial charge in [-0.3, -0.25) is 0 Å². The van der Waals surface area contributed by atoms with Crippen LogP contribution in [0.5, 0.6) is 0 Å². The summed E-state index contributed by atoms with van der Waals surface area (Å²) in [6.45, 7) is 3.14. The molecule has 0 aromatic carbocycles. The third-order valence-electron chi connectivity index (χ3n) is 1.12. The van der Waals surface area contributed by atoms with Gasteiger partial charge in [0.2, 0.25) is 9.84 Å². The Morgan fingerprint density at radius 3 is 2.75 bits per heavy atom. The molecule has 0 atom stereocenters. The van der Waals surface area contributed by atoms with Gasteiger partial charge in [-0.2, -0.15) is 0 Å². The number of rotatable bonds is 2. The molecular weight excluding hydrogens is 200 g/mol. The van der Waals surface area contributed by atoms with Crippen LogP contribution in [-0.4, -0.2) is 18.4 Å². The zero-order valence-electron chi connectivity index (χ0n) is 5.94. The molecule has 12 heavy (non-hydrogen) atoms. The molecule has 0 aliphatic carbocycles. The summed E-state index contributed by atoms with van der Waals surface area (Å²) in [4.78, 5) is 7.07. The van der Waals surface area contributed by atoms with Crippen LogP contribution in [0.1, 0.15) is 0 Å². The maximum atomic E-state index is 11.1. The first-order valence-corrected chi connectivity index (χ1v) is 4.83. The van der Waals surface area contributed by atoms with E-state index in [0.29, 0.717) is 0 Å². The van der Waals surface area contributed by atoms with E-state index in [1.807, 2.05) is 0 Å². The lowest BCUT2D eigenvalue weighted by molar-refractivity contribution is 0.601. The SMILES string of the molecule is C=CS(=O)(=O)c1ncncc1Cl. The molecule has 4 nitrogen and oxygen atoms in total. The number of sulfone groups is 1. The lowest BCUT2D eigenvalue weighted by Crippen LogP contribution is -2.00. The minimum absolute atomic E-state index is 0.00241. The van der Waals surface area contributed by atoms with Gasteiger partial charge < -0.3 is 0 Å². The van der Waals surface area contributed by atoms with E-state index in [-0.39, 0.29) is 10.0 Å². The standard InChI is InChI=1S/C6H5ClN2O2S/c1-2-12(10,11)6-5(7)3-8-4-9-6/h2-4H,1H2.